The summed E-state index contributed by atoms with van der Waals surface area (Å²) in [7, 11) is 4.20. The molecule has 3 rings (SSSR count). The Morgan fingerprint density at radius 1 is 1.30 bits per heavy atom. The van der Waals surface area contributed by atoms with Crippen LogP contribution in [0.1, 0.15) is 35.6 Å². The summed E-state index contributed by atoms with van der Waals surface area (Å²) >= 11 is 0. The second-order valence-corrected chi connectivity index (χ2v) is 6.96. The Bertz CT molecular complexity index is 750. The number of nitrogens with zero attached hydrogens (tertiary/aromatic N) is 1. The number of piperazine rings is 1. The molecule has 2 aliphatic rings. The van der Waals surface area contributed by atoms with Crippen LogP contribution in [0.4, 0.5) is 4.79 Å². The fourth-order valence-corrected chi connectivity index (χ4v) is 4.31. The number of carbonyl (C=O) groups is 2. The number of aromatic hydroxyl groups is 1. The minimum Gasteiger partial charge on any atom is -0.504 e. The Hall–Kier alpha value is -2.48. The van der Waals surface area contributed by atoms with Crippen molar-refractivity contribution in [3.63, 3.8) is 0 Å². The molecular weight excluding hydrogens is 352 g/mol. The van der Waals surface area contributed by atoms with Crippen molar-refractivity contribution >= 4 is 12.1 Å². The number of methoxy groups -OCH3 is 3. The first kappa shape index (κ1) is 19.3. The van der Waals surface area contributed by atoms with Gasteiger partial charge in [0.05, 0.1) is 33.4 Å². The van der Waals surface area contributed by atoms with Crippen molar-refractivity contribution in [2.24, 2.45) is 0 Å². The SMILES string of the molecule is COC(=O)CCC1NCC2Cc3cc(C)c(OC)c(O)c3C1N2C(=O)OC. The molecule has 2 heterocycles. The first-order valence-electron chi connectivity index (χ1n) is 8.98. The third kappa shape index (κ3) is 3.29. The molecule has 1 fully saturated rings. The number of benzene rings is 1. The number of hydrogen-bond donors (Lipinski definition) is 2. The number of amides is 1. The Morgan fingerprint density at radius 2 is 2.04 bits per heavy atom. The van der Waals surface area contributed by atoms with Gasteiger partial charge in [-0.1, -0.05) is 6.07 Å². The first-order chi connectivity index (χ1) is 12.9. The number of esters is 1. The van der Waals surface area contributed by atoms with Crippen LogP contribution >= 0.6 is 0 Å². The van der Waals surface area contributed by atoms with Gasteiger partial charge in [-0.25, -0.2) is 4.79 Å². The second kappa shape index (κ2) is 7.64. The van der Waals surface area contributed by atoms with Gasteiger partial charge in [-0.3, -0.25) is 9.69 Å². The van der Waals surface area contributed by atoms with Gasteiger partial charge in [-0.05, 0) is 30.9 Å². The molecule has 0 aromatic heterocycles. The lowest BCUT2D eigenvalue weighted by Gasteiger charge is -2.50. The molecule has 2 bridgehead atoms. The zero-order valence-corrected chi connectivity index (χ0v) is 16.1. The highest BCUT2D eigenvalue weighted by Crippen LogP contribution is 2.48. The molecule has 3 atom stereocenters. The van der Waals surface area contributed by atoms with Gasteiger partial charge in [0.1, 0.15) is 0 Å². The fraction of sp³-hybridized carbons (Fsp3) is 0.579. The molecular formula is C19H26N2O6. The normalized spacial score (nSPS) is 23.4. The number of nitrogens with one attached hydrogen (secondary N) is 1. The number of ether oxygens (including phenoxy) is 3. The van der Waals surface area contributed by atoms with Gasteiger partial charge >= 0.3 is 12.1 Å². The van der Waals surface area contributed by atoms with Gasteiger partial charge in [-0.2, -0.15) is 0 Å². The van der Waals surface area contributed by atoms with Gasteiger partial charge in [0.25, 0.3) is 0 Å². The van der Waals surface area contributed by atoms with E-state index in [2.05, 4.69) is 5.32 Å². The van der Waals surface area contributed by atoms with Crippen LogP contribution in [0.5, 0.6) is 11.5 Å². The molecule has 8 nitrogen and oxygen atoms in total. The van der Waals surface area contributed by atoms with E-state index in [1.807, 2.05) is 13.0 Å². The standard InChI is InChI=1S/C19H26N2O6/c1-10-7-11-8-12-9-20-13(5-6-14(22)25-2)16(21(12)19(24)27-4)15(11)17(23)18(10)26-3/h7,12-13,16,20,23H,5-6,8-9H2,1-4H3. The molecule has 27 heavy (non-hydrogen) atoms. The third-order valence-electron chi connectivity index (χ3n) is 5.48. The van der Waals surface area contributed by atoms with E-state index in [0.29, 0.717) is 30.7 Å². The highest BCUT2D eigenvalue weighted by atomic mass is 16.5. The topological polar surface area (TPSA) is 97.3 Å². The largest absolute Gasteiger partial charge is 0.504 e. The molecule has 3 unspecified atom stereocenters. The fourth-order valence-electron chi connectivity index (χ4n) is 4.31. The minimum absolute atomic E-state index is 0.0385. The number of rotatable bonds is 4. The van der Waals surface area contributed by atoms with Crippen molar-refractivity contribution in [2.45, 2.75) is 44.3 Å². The Labute approximate surface area is 158 Å². The zero-order valence-electron chi connectivity index (χ0n) is 16.1. The molecule has 0 aliphatic carbocycles. The Morgan fingerprint density at radius 3 is 2.67 bits per heavy atom. The Kier molecular flexibility index (Phi) is 5.46. The van der Waals surface area contributed by atoms with Crippen molar-refractivity contribution < 1.29 is 28.9 Å². The quantitative estimate of drug-likeness (QED) is 0.769. The van der Waals surface area contributed by atoms with Crippen LogP contribution < -0.4 is 10.1 Å². The van der Waals surface area contributed by atoms with Crippen molar-refractivity contribution in [3.8, 4) is 11.5 Å². The number of carbonyl (C=O) groups excluding carboxylic acids is 2. The average Bonchev–Trinajstić information content (AvgIpc) is 2.65. The maximum absolute atomic E-state index is 12.5. The molecule has 1 aromatic rings. The highest BCUT2D eigenvalue weighted by molar-refractivity contribution is 5.72. The van der Waals surface area contributed by atoms with Crippen LogP contribution in [-0.2, 0) is 20.7 Å². The van der Waals surface area contributed by atoms with Crippen LogP contribution in [-0.4, -0.2) is 62.0 Å². The summed E-state index contributed by atoms with van der Waals surface area (Å²) in [5.41, 5.74) is 2.49. The van der Waals surface area contributed by atoms with E-state index in [1.165, 1.54) is 21.3 Å². The summed E-state index contributed by atoms with van der Waals surface area (Å²) in [6.45, 7) is 2.47. The molecule has 0 radical (unpaired) electrons. The van der Waals surface area contributed by atoms with Gasteiger partial charge < -0.3 is 24.6 Å². The first-order valence-corrected chi connectivity index (χ1v) is 8.98. The van der Waals surface area contributed by atoms with E-state index in [9.17, 15) is 14.7 Å². The summed E-state index contributed by atoms with van der Waals surface area (Å²) < 4.78 is 15.1. The van der Waals surface area contributed by atoms with E-state index in [1.54, 1.807) is 4.90 Å². The summed E-state index contributed by atoms with van der Waals surface area (Å²) in [6.07, 6.45) is 0.839. The summed E-state index contributed by atoms with van der Waals surface area (Å²) in [6, 6.07) is 1.23. The van der Waals surface area contributed by atoms with E-state index >= 15 is 0 Å². The minimum atomic E-state index is -0.459. The zero-order chi connectivity index (χ0) is 19.7. The van der Waals surface area contributed by atoms with E-state index in [0.717, 1.165) is 11.1 Å². The van der Waals surface area contributed by atoms with E-state index in [-0.39, 0.29) is 30.2 Å². The molecule has 148 valence electrons. The maximum Gasteiger partial charge on any atom is 0.410 e. The average molecular weight is 378 g/mol. The van der Waals surface area contributed by atoms with Crippen molar-refractivity contribution in [1.82, 2.24) is 10.2 Å². The van der Waals surface area contributed by atoms with Crippen LogP contribution in [0.3, 0.4) is 0 Å². The van der Waals surface area contributed by atoms with Crippen LogP contribution in [0.25, 0.3) is 0 Å². The van der Waals surface area contributed by atoms with Gasteiger partial charge in [-0.15, -0.1) is 0 Å². The monoisotopic (exact) mass is 378 g/mol. The van der Waals surface area contributed by atoms with Gasteiger partial charge in [0.2, 0.25) is 0 Å². The maximum atomic E-state index is 12.5. The number of hydrogen-bond acceptors (Lipinski definition) is 7. The van der Waals surface area contributed by atoms with Crippen LogP contribution in [0.2, 0.25) is 0 Å². The highest BCUT2D eigenvalue weighted by Gasteiger charge is 2.47. The molecule has 0 spiro atoms. The second-order valence-electron chi connectivity index (χ2n) is 6.96. The molecule has 2 N–H and O–H groups in total. The van der Waals surface area contributed by atoms with Gasteiger partial charge in [0.15, 0.2) is 11.5 Å². The molecule has 1 saturated heterocycles. The lowest BCUT2D eigenvalue weighted by atomic mass is 9.79. The Balaban J connectivity index is 2.08. The van der Waals surface area contributed by atoms with Crippen molar-refractivity contribution in [3.05, 3.63) is 22.8 Å². The van der Waals surface area contributed by atoms with E-state index in [4.69, 9.17) is 14.2 Å². The molecule has 1 amide bonds. The summed E-state index contributed by atoms with van der Waals surface area (Å²) in [4.78, 5) is 25.8. The van der Waals surface area contributed by atoms with E-state index < -0.39 is 12.1 Å². The van der Waals surface area contributed by atoms with Crippen LogP contribution in [0.15, 0.2) is 6.07 Å². The number of phenolic OH excluding ortho intramolecular Hbond substituents is 1. The number of aryl methyl sites for hydroxylation is 1. The number of fused-ring (bicyclic) bond motifs is 4. The predicted molar refractivity (Wildman–Crippen MR) is 96.9 cm³/mol. The van der Waals surface area contributed by atoms with Crippen molar-refractivity contribution in [2.75, 3.05) is 27.9 Å². The lowest BCUT2D eigenvalue weighted by Crippen LogP contribution is -2.62. The lowest BCUT2D eigenvalue weighted by molar-refractivity contribution is -0.141. The molecule has 2 aliphatic heterocycles. The predicted octanol–water partition coefficient (Wildman–Crippen LogP) is 1.67. The smallest absolute Gasteiger partial charge is 0.410 e. The molecule has 1 aromatic carbocycles. The van der Waals surface area contributed by atoms with Crippen LogP contribution in [0, 0.1) is 6.92 Å². The van der Waals surface area contributed by atoms with Gasteiger partial charge in [0, 0.05) is 24.6 Å². The summed E-state index contributed by atoms with van der Waals surface area (Å²) in [5.74, 6) is 0.121. The molecule has 8 heteroatoms. The summed E-state index contributed by atoms with van der Waals surface area (Å²) in [5, 5.41) is 14.3. The van der Waals surface area contributed by atoms with Crippen molar-refractivity contribution in [1.29, 1.82) is 0 Å². The molecule has 0 saturated carbocycles. The third-order valence-corrected chi connectivity index (χ3v) is 5.48. The number of phenols is 1.